The maximum Gasteiger partial charge on any atom is 0.259 e. The summed E-state index contributed by atoms with van der Waals surface area (Å²) in [5, 5.41) is 9.19. The van der Waals surface area contributed by atoms with E-state index in [1.54, 1.807) is 37.4 Å². The van der Waals surface area contributed by atoms with Gasteiger partial charge in [-0.05, 0) is 25.0 Å². The number of carbonyl (C=O) groups excluding carboxylic acids is 2. The Labute approximate surface area is 186 Å². The van der Waals surface area contributed by atoms with Crippen LogP contribution in [0.15, 0.2) is 30.7 Å². The van der Waals surface area contributed by atoms with Crippen LogP contribution in [-0.4, -0.2) is 60.5 Å². The number of amides is 2. The highest BCUT2D eigenvalue weighted by atomic mass is 16.5. The van der Waals surface area contributed by atoms with E-state index in [9.17, 15) is 9.59 Å². The number of nitrogens with zero attached hydrogens (tertiary/aromatic N) is 3. The maximum atomic E-state index is 12.6. The van der Waals surface area contributed by atoms with Crippen molar-refractivity contribution in [1.82, 2.24) is 14.9 Å². The number of aromatic nitrogens is 2. The molecule has 0 saturated heterocycles. The fourth-order valence-electron chi connectivity index (χ4n) is 3.57. The zero-order valence-electron chi connectivity index (χ0n) is 18.1. The topological polar surface area (TPSA) is 118 Å². The Bertz CT molecular complexity index is 1050. The van der Waals surface area contributed by atoms with Crippen molar-refractivity contribution in [3.05, 3.63) is 36.3 Å². The van der Waals surface area contributed by atoms with E-state index in [1.807, 2.05) is 6.07 Å². The van der Waals surface area contributed by atoms with Gasteiger partial charge in [-0.25, -0.2) is 9.97 Å². The first kappa shape index (κ1) is 21.4. The summed E-state index contributed by atoms with van der Waals surface area (Å²) in [6.07, 6.45) is 4.78. The van der Waals surface area contributed by atoms with E-state index in [0.717, 1.165) is 12.1 Å². The van der Waals surface area contributed by atoms with Crippen molar-refractivity contribution >= 4 is 34.7 Å². The minimum atomic E-state index is -0.263. The van der Waals surface area contributed by atoms with Gasteiger partial charge in [-0.1, -0.05) is 0 Å². The van der Waals surface area contributed by atoms with Gasteiger partial charge < -0.3 is 30.3 Å². The number of nitrogens with one attached hydrogen (secondary N) is 3. The van der Waals surface area contributed by atoms with Gasteiger partial charge in [0.05, 0.1) is 24.9 Å². The van der Waals surface area contributed by atoms with Gasteiger partial charge in [-0.2, -0.15) is 0 Å². The molecule has 2 amide bonds. The summed E-state index contributed by atoms with van der Waals surface area (Å²) in [6.45, 7) is 1.59. The molecule has 1 aromatic carbocycles. The summed E-state index contributed by atoms with van der Waals surface area (Å²) >= 11 is 0. The lowest BCUT2D eigenvalue weighted by Crippen LogP contribution is -2.29. The van der Waals surface area contributed by atoms with Crippen molar-refractivity contribution in [3.63, 3.8) is 0 Å². The van der Waals surface area contributed by atoms with Gasteiger partial charge in [0.2, 0.25) is 5.91 Å². The molecule has 4 rings (SSSR count). The molecule has 3 N–H and O–H groups in total. The summed E-state index contributed by atoms with van der Waals surface area (Å²) in [6, 6.07) is 5.40. The molecule has 10 heteroatoms. The van der Waals surface area contributed by atoms with Gasteiger partial charge in [0.15, 0.2) is 11.5 Å². The number of carbonyl (C=O) groups is 2. The van der Waals surface area contributed by atoms with E-state index >= 15 is 0 Å². The molecule has 32 heavy (non-hydrogen) atoms. The van der Waals surface area contributed by atoms with Gasteiger partial charge in [-0.15, -0.1) is 0 Å². The van der Waals surface area contributed by atoms with Crippen LogP contribution < -0.4 is 25.4 Å². The third-order valence-electron chi connectivity index (χ3n) is 5.32. The van der Waals surface area contributed by atoms with Gasteiger partial charge in [0.1, 0.15) is 18.0 Å². The monoisotopic (exact) mass is 438 g/mol. The molecular formula is C22H26N6O4. The third kappa shape index (κ3) is 4.58. The highest BCUT2D eigenvalue weighted by Gasteiger charge is 2.29. The molecule has 3 heterocycles. The molecule has 0 spiro atoms. The van der Waals surface area contributed by atoms with E-state index in [0.29, 0.717) is 66.8 Å². The molecule has 0 radical (unpaired) electrons. The van der Waals surface area contributed by atoms with Crippen molar-refractivity contribution < 1.29 is 19.1 Å². The number of methoxy groups -OCH3 is 1. The molecule has 0 unspecified atom stereocenters. The summed E-state index contributed by atoms with van der Waals surface area (Å²) < 4.78 is 11.3. The van der Waals surface area contributed by atoms with Crippen LogP contribution in [0.4, 0.5) is 17.3 Å². The Morgan fingerprint density at radius 1 is 1.16 bits per heavy atom. The second-order valence-corrected chi connectivity index (χ2v) is 7.52. The SMILES string of the molecule is COc1ccc2cc1OCCCC(=O)N(C)CCCNc1ncnc3c1/C(=C/N2)C(=O)N3. The van der Waals surface area contributed by atoms with Crippen LogP contribution in [0.3, 0.4) is 0 Å². The molecule has 0 saturated carbocycles. The second kappa shape index (κ2) is 9.54. The van der Waals surface area contributed by atoms with E-state index in [1.165, 1.54) is 6.33 Å². The van der Waals surface area contributed by atoms with Gasteiger partial charge >= 0.3 is 0 Å². The van der Waals surface area contributed by atoms with E-state index in [4.69, 9.17) is 9.47 Å². The number of hydrogen-bond acceptors (Lipinski definition) is 8. The molecule has 0 aliphatic carbocycles. The first-order valence-corrected chi connectivity index (χ1v) is 10.5. The van der Waals surface area contributed by atoms with Crippen molar-refractivity contribution in [2.75, 3.05) is 49.8 Å². The summed E-state index contributed by atoms with van der Waals surface area (Å²) in [7, 11) is 3.37. The molecule has 0 fully saturated rings. The highest BCUT2D eigenvalue weighted by Crippen LogP contribution is 2.35. The zero-order chi connectivity index (χ0) is 22.5. The van der Waals surface area contributed by atoms with Crippen LogP contribution in [0.2, 0.25) is 0 Å². The predicted molar refractivity (Wildman–Crippen MR) is 121 cm³/mol. The zero-order valence-corrected chi connectivity index (χ0v) is 18.1. The molecule has 2 aromatic rings. The van der Waals surface area contributed by atoms with Crippen LogP contribution in [0, 0.1) is 0 Å². The minimum absolute atomic E-state index is 0.0695. The first-order chi connectivity index (χ1) is 15.6. The quantitative estimate of drug-likeness (QED) is 0.621. The molecule has 2 bridgehead atoms. The molecule has 168 valence electrons. The largest absolute Gasteiger partial charge is 0.493 e. The van der Waals surface area contributed by atoms with Gasteiger partial charge in [-0.3, -0.25) is 9.59 Å². The van der Waals surface area contributed by atoms with Crippen molar-refractivity contribution in [2.24, 2.45) is 0 Å². The average molecular weight is 438 g/mol. The van der Waals surface area contributed by atoms with Crippen molar-refractivity contribution in [1.29, 1.82) is 0 Å². The lowest BCUT2D eigenvalue weighted by molar-refractivity contribution is -0.130. The highest BCUT2D eigenvalue weighted by molar-refractivity contribution is 6.32. The molecule has 2 aliphatic rings. The Balaban J connectivity index is 1.66. The third-order valence-corrected chi connectivity index (χ3v) is 5.32. The summed E-state index contributed by atoms with van der Waals surface area (Å²) in [4.78, 5) is 35.2. The van der Waals surface area contributed by atoms with Crippen LogP contribution in [0.25, 0.3) is 5.57 Å². The number of fused-ring (bicyclic) bond motifs is 2. The smallest absolute Gasteiger partial charge is 0.259 e. The number of ether oxygens (including phenoxy) is 2. The number of anilines is 3. The molecule has 2 aliphatic heterocycles. The second-order valence-electron chi connectivity index (χ2n) is 7.52. The van der Waals surface area contributed by atoms with Crippen molar-refractivity contribution in [2.45, 2.75) is 19.3 Å². The predicted octanol–water partition coefficient (Wildman–Crippen LogP) is 2.32. The van der Waals surface area contributed by atoms with Crippen LogP contribution in [0.1, 0.15) is 24.8 Å². The van der Waals surface area contributed by atoms with Crippen LogP contribution in [0.5, 0.6) is 11.5 Å². The number of rotatable bonds is 1. The summed E-state index contributed by atoms with van der Waals surface area (Å²) in [5.41, 5.74) is 1.76. The fraction of sp³-hybridized carbons (Fsp3) is 0.364. The Hall–Kier alpha value is -3.82. The standard InChI is InChI=1S/C22H26N6O4/c1-28-9-4-8-23-20-19-15(22(30)27-21(19)26-13-25-20)12-24-14-6-7-16(31-2)17(11-14)32-10-3-5-18(28)29/h6-7,11-13,24H,3-5,8-10H2,1-2H3,(H2,23,25,26,27,30)/b15-12-. The van der Waals surface area contributed by atoms with E-state index in [-0.39, 0.29) is 11.8 Å². The Kier molecular flexibility index (Phi) is 6.39. The fourth-order valence-corrected chi connectivity index (χ4v) is 3.57. The van der Waals surface area contributed by atoms with Crippen LogP contribution in [-0.2, 0) is 9.59 Å². The minimum Gasteiger partial charge on any atom is -0.493 e. The molecule has 10 nitrogen and oxygen atoms in total. The first-order valence-electron chi connectivity index (χ1n) is 10.5. The molecule has 0 atom stereocenters. The normalized spacial score (nSPS) is 18.6. The molecular weight excluding hydrogens is 412 g/mol. The summed E-state index contributed by atoms with van der Waals surface area (Å²) in [5.74, 6) is 1.97. The lowest BCUT2D eigenvalue weighted by Gasteiger charge is -2.18. The molecule has 1 aromatic heterocycles. The maximum absolute atomic E-state index is 12.6. The number of hydrogen-bond donors (Lipinski definition) is 3. The van der Waals surface area contributed by atoms with Crippen molar-refractivity contribution in [3.8, 4) is 11.5 Å². The number of benzene rings is 1. The van der Waals surface area contributed by atoms with Gasteiger partial charge in [0.25, 0.3) is 5.91 Å². The lowest BCUT2D eigenvalue weighted by atomic mass is 10.1. The van der Waals surface area contributed by atoms with E-state index in [2.05, 4.69) is 25.9 Å². The Morgan fingerprint density at radius 2 is 2.00 bits per heavy atom. The van der Waals surface area contributed by atoms with Gasteiger partial charge in [0, 0.05) is 44.5 Å². The van der Waals surface area contributed by atoms with Crippen LogP contribution >= 0.6 is 0 Å². The Morgan fingerprint density at radius 3 is 2.84 bits per heavy atom. The average Bonchev–Trinajstić information content (AvgIpc) is 3.12. The van der Waals surface area contributed by atoms with E-state index < -0.39 is 0 Å².